The highest BCUT2D eigenvalue weighted by atomic mass is 15.0. The summed E-state index contributed by atoms with van der Waals surface area (Å²) in [4.78, 5) is 3.64. The fraction of sp³-hybridized carbons (Fsp3) is 0. The lowest BCUT2D eigenvalue weighted by Crippen LogP contribution is -1.92. The number of nitrogens with zero attached hydrogens (tertiary/aromatic N) is 1. The number of hydrogen-bond donors (Lipinski definition) is 1. The average molecular weight is 382 g/mol. The minimum Gasteiger partial charge on any atom is -0.354 e. The first kappa shape index (κ1) is 15.8. The molecule has 0 spiro atoms. The molecule has 0 fully saturated rings. The van der Waals surface area contributed by atoms with Gasteiger partial charge < -0.3 is 9.55 Å². The fourth-order valence-corrected chi connectivity index (χ4v) is 5.01. The summed E-state index contributed by atoms with van der Waals surface area (Å²) in [5, 5.41) is 9.02. The van der Waals surface area contributed by atoms with Crippen molar-refractivity contribution < 1.29 is 0 Å². The standard InChI is InChI=1S/C28H18N2/c1-2-7-20(8-3-1)30-17-16-19-10-12-22-23(28(19)30)13-15-25-27(22)26-21-9-5-4-6-18(21)11-14-24(26)29-25/h1-17,29H. The lowest BCUT2D eigenvalue weighted by Gasteiger charge is -2.09. The maximum Gasteiger partial charge on any atom is 0.0607 e. The van der Waals surface area contributed by atoms with Crippen LogP contribution in [0.3, 0.4) is 0 Å². The Labute approximate surface area is 173 Å². The molecular weight excluding hydrogens is 364 g/mol. The molecule has 0 amide bonds. The van der Waals surface area contributed by atoms with Crippen molar-refractivity contribution in [2.24, 2.45) is 0 Å². The second-order valence-corrected chi connectivity index (χ2v) is 7.94. The van der Waals surface area contributed by atoms with E-state index in [9.17, 15) is 0 Å². The van der Waals surface area contributed by atoms with Crippen LogP contribution in [0.4, 0.5) is 0 Å². The summed E-state index contributed by atoms with van der Waals surface area (Å²) in [6, 6.07) is 34.9. The Balaban J connectivity index is 1.70. The molecule has 0 bridgehead atoms. The topological polar surface area (TPSA) is 20.7 Å². The molecule has 2 nitrogen and oxygen atoms in total. The van der Waals surface area contributed by atoms with Crippen LogP contribution in [-0.4, -0.2) is 9.55 Å². The Morgan fingerprint density at radius 1 is 0.500 bits per heavy atom. The lowest BCUT2D eigenvalue weighted by molar-refractivity contribution is 1.13. The van der Waals surface area contributed by atoms with Crippen LogP contribution < -0.4 is 0 Å². The average Bonchev–Trinajstić information content (AvgIpc) is 3.41. The monoisotopic (exact) mass is 382 g/mol. The number of H-pyrrole nitrogens is 1. The van der Waals surface area contributed by atoms with E-state index >= 15 is 0 Å². The Morgan fingerprint density at radius 3 is 2.10 bits per heavy atom. The van der Waals surface area contributed by atoms with Crippen molar-refractivity contribution in [1.82, 2.24) is 9.55 Å². The van der Waals surface area contributed by atoms with Gasteiger partial charge in [-0.25, -0.2) is 0 Å². The van der Waals surface area contributed by atoms with Gasteiger partial charge in [-0.2, -0.15) is 0 Å². The maximum absolute atomic E-state index is 3.64. The predicted octanol–water partition coefficient (Wildman–Crippen LogP) is 7.57. The minimum absolute atomic E-state index is 1.18. The number of aromatic amines is 1. The number of nitrogens with one attached hydrogen (secondary N) is 1. The van der Waals surface area contributed by atoms with E-state index in [1.807, 2.05) is 0 Å². The van der Waals surface area contributed by atoms with Crippen molar-refractivity contribution >= 4 is 54.3 Å². The molecule has 0 saturated heterocycles. The molecule has 2 heteroatoms. The molecule has 1 N–H and O–H groups in total. The Hall–Kier alpha value is -4.04. The third kappa shape index (κ3) is 2.03. The zero-order chi connectivity index (χ0) is 19.7. The molecule has 30 heavy (non-hydrogen) atoms. The van der Waals surface area contributed by atoms with Crippen LogP contribution >= 0.6 is 0 Å². The van der Waals surface area contributed by atoms with E-state index in [0.717, 1.165) is 0 Å². The highest BCUT2D eigenvalue weighted by molar-refractivity contribution is 6.29. The Kier molecular flexibility index (Phi) is 3.03. The summed E-state index contributed by atoms with van der Waals surface area (Å²) in [6.07, 6.45) is 2.17. The molecule has 0 saturated carbocycles. The van der Waals surface area contributed by atoms with E-state index in [2.05, 4.69) is 113 Å². The van der Waals surface area contributed by atoms with Crippen LogP contribution in [0.5, 0.6) is 0 Å². The third-order valence-corrected chi connectivity index (χ3v) is 6.33. The number of rotatable bonds is 1. The number of benzene rings is 5. The summed E-state index contributed by atoms with van der Waals surface area (Å²) in [5.74, 6) is 0. The van der Waals surface area contributed by atoms with Gasteiger partial charge in [0, 0.05) is 44.5 Å². The minimum atomic E-state index is 1.18. The van der Waals surface area contributed by atoms with E-state index < -0.39 is 0 Å². The van der Waals surface area contributed by atoms with Crippen LogP contribution in [-0.2, 0) is 0 Å². The third-order valence-electron chi connectivity index (χ3n) is 6.33. The molecule has 0 aliphatic carbocycles. The molecular formula is C28H18N2. The van der Waals surface area contributed by atoms with Crippen molar-refractivity contribution in [3.8, 4) is 5.69 Å². The van der Waals surface area contributed by atoms with Crippen molar-refractivity contribution in [2.75, 3.05) is 0 Å². The van der Waals surface area contributed by atoms with Gasteiger partial charge in [0.05, 0.1) is 5.52 Å². The van der Waals surface area contributed by atoms with Gasteiger partial charge in [0.15, 0.2) is 0 Å². The van der Waals surface area contributed by atoms with Gasteiger partial charge >= 0.3 is 0 Å². The van der Waals surface area contributed by atoms with Gasteiger partial charge in [0.25, 0.3) is 0 Å². The smallest absolute Gasteiger partial charge is 0.0607 e. The second-order valence-electron chi connectivity index (χ2n) is 7.94. The van der Waals surface area contributed by atoms with Gasteiger partial charge in [-0.1, -0.05) is 66.7 Å². The summed E-state index contributed by atoms with van der Waals surface area (Å²) >= 11 is 0. The van der Waals surface area contributed by atoms with E-state index in [4.69, 9.17) is 0 Å². The molecule has 7 rings (SSSR count). The van der Waals surface area contributed by atoms with Crippen LogP contribution in [0.2, 0.25) is 0 Å². The zero-order valence-electron chi connectivity index (χ0n) is 16.3. The summed E-state index contributed by atoms with van der Waals surface area (Å²) in [6.45, 7) is 0. The van der Waals surface area contributed by atoms with Crippen LogP contribution in [0, 0.1) is 0 Å². The molecule has 140 valence electrons. The first-order chi connectivity index (χ1) is 14.9. The first-order valence-corrected chi connectivity index (χ1v) is 10.3. The van der Waals surface area contributed by atoms with Gasteiger partial charge in [0.1, 0.15) is 0 Å². The summed E-state index contributed by atoms with van der Waals surface area (Å²) < 4.78 is 2.30. The first-order valence-electron chi connectivity index (χ1n) is 10.3. The normalized spacial score (nSPS) is 12.0. The predicted molar refractivity (Wildman–Crippen MR) is 128 cm³/mol. The number of hydrogen-bond acceptors (Lipinski definition) is 0. The highest BCUT2D eigenvalue weighted by Gasteiger charge is 2.14. The molecule has 0 unspecified atom stereocenters. The van der Waals surface area contributed by atoms with Gasteiger partial charge in [0.2, 0.25) is 0 Å². The zero-order valence-corrected chi connectivity index (χ0v) is 16.3. The van der Waals surface area contributed by atoms with Gasteiger partial charge in [-0.05, 0) is 46.5 Å². The Bertz CT molecular complexity index is 1730. The number of aromatic nitrogens is 2. The van der Waals surface area contributed by atoms with Crippen LogP contribution in [0.1, 0.15) is 0 Å². The van der Waals surface area contributed by atoms with Gasteiger partial charge in [-0.3, -0.25) is 0 Å². The van der Waals surface area contributed by atoms with E-state index in [1.165, 1.54) is 59.9 Å². The SMILES string of the molecule is c1ccc(-n2ccc3ccc4c(ccc5[nH]c6ccc7ccccc7c6c54)c32)cc1. The van der Waals surface area contributed by atoms with Crippen molar-refractivity contribution in [3.05, 3.63) is 103 Å². The van der Waals surface area contributed by atoms with E-state index in [-0.39, 0.29) is 0 Å². The maximum atomic E-state index is 3.64. The molecule has 0 aliphatic rings. The molecule has 0 aliphatic heterocycles. The molecule has 2 aromatic heterocycles. The molecule has 0 radical (unpaired) electrons. The second kappa shape index (κ2) is 5.74. The summed E-state index contributed by atoms with van der Waals surface area (Å²) in [5.41, 5.74) is 4.82. The quantitative estimate of drug-likeness (QED) is 0.302. The molecule has 2 heterocycles. The van der Waals surface area contributed by atoms with E-state index in [0.29, 0.717) is 0 Å². The van der Waals surface area contributed by atoms with Crippen LogP contribution in [0.15, 0.2) is 103 Å². The lowest BCUT2D eigenvalue weighted by atomic mass is 9.98. The number of para-hydroxylation sites is 1. The van der Waals surface area contributed by atoms with Crippen molar-refractivity contribution in [3.63, 3.8) is 0 Å². The van der Waals surface area contributed by atoms with E-state index in [1.54, 1.807) is 0 Å². The Morgan fingerprint density at radius 2 is 1.20 bits per heavy atom. The highest BCUT2D eigenvalue weighted by Crippen LogP contribution is 2.39. The molecule has 5 aromatic carbocycles. The molecule has 7 aromatic rings. The summed E-state index contributed by atoms with van der Waals surface area (Å²) in [7, 11) is 0. The van der Waals surface area contributed by atoms with Crippen molar-refractivity contribution in [2.45, 2.75) is 0 Å². The number of fused-ring (bicyclic) bond motifs is 9. The fourth-order valence-electron chi connectivity index (χ4n) is 5.01. The van der Waals surface area contributed by atoms with Crippen LogP contribution in [0.25, 0.3) is 59.9 Å². The largest absolute Gasteiger partial charge is 0.354 e. The van der Waals surface area contributed by atoms with Gasteiger partial charge in [-0.15, -0.1) is 0 Å². The van der Waals surface area contributed by atoms with Crippen molar-refractivity contribution in [1.29, 1.82) is 0 Å². The molecule has 0 atom stereocenters.